The molecule has 118 valence electrons. The highest BCUT2D eigenvalue weighted by atomic mass is 79.9. The Labute approximate surface area is 133 Å². The van der Waals surface area contributed by atoms with Gasteiger partial charge in [0, 0.05) is 26.2 Å². The molecule has 0 radical (unpaired) electrons. The van der Waals surface area contributed by atoms with Crippen molar-refractivity contribution in [2.24, 2.45) is 0 Å². The summed E-state index contributed by atoms with van der Waals surface area (Å²) in [6.07, 6.45) is 1.21. The lowest BCUT2D eigenvalue weighted by Crippen LogP contribution is -2.49. The number of hydrogen-bond donors (Lipinski definition) is 0. The second-order valence-electron chi connectivity index (χ2n) is 5.37. The number of hydrogen-bond acceptors (Lipinski definition) is 5. The standard InChI is InChI=1S/C14H22BrN3O3/c1-10(2)17-4-7-21-12(9-17)14(19)13-11(15)8-16-18(13)5-6-20-3/h8,10,12H,4-7,9H2,1-3H3. The Balaban J connectivity index is 2.14. The Hall–Kier alpha value is -0.760. The SMILES string of the molecule is COCCn1ncc(Br)c1C(=O)C1CN(C(C)C)CCO1. The summed E-state index contributed by atoms with van der Waals surface area (Å²) in [6.45, 7) is 7.39. The fourth-order valence-electron chi connectivity index (χ4n) is 2.40. The third kappa shape index (κ3) is 3.91. The van der Waals surface area contributed by atoms with Gasteiger partial charge in [-0.15, -0.1) is 0 Å². The van der Waals surface area contributed by atoms with Gasteiger partial charge < -0.3 is 9.47 Å². The largest absolute Gasteiger partial charge is 0.383 e. The molecule has 0 amide bonds. The molecule has 21 heavy (non-hydrogen) atoms. The summed E-state index contributed by atoms with van der Waals surface area (Å²) in [5.41, 5.74) is 0.558. The van der Waals surface area contributed by atoms with Crippen LogP contribution < -0.4 is 0 Å². The van der Waals surface area contributed by atoms with E-state index in [1.54, 1.807) is 18.0 Å². The van der Waals surface area contributed by atoms with Crippen molar-refractivity contribution in [3.63, 3.8) is 0 Å². The zero-order valence-corrected chi connectivity index (χ0v) is 14.3. The Kier molecular flexibility index (Phi) is 5.92. The molecule has 0 aliphatic carbocycles. The first-order valence-electron chi connectivity index (χ1n) is 7.14. The minimum Gasteiger partial charge on any atom is -0.383 e. The Bertz CT molecular complexity index is 490. The molecule has 0 N–H and O–H groups in total. The molecule has 1 fully saturated rings. The van der Waals surface area contributed by atoms with E-state index in [4.69, 9.17) is 9.47 Å². The summed E-state index contributed by atoms with van der Waals surface area (Å²) >= 11 is 3.41. The zero-order valence-electron chi connectivity index (χ0n) is 12.7. The van der Waals surface area contributed by atoms with Crippen LogP contribution in [0.5, 0.6) is 0 Å². The van der Waals surface area contributed by atoms with Crippen molar-refractivity contribution < 1.29 is 14.3 Å². The Morgan fingerprint density at radius 1 is 1.62 bits per heavy atom. The van der Waals surface area contributed by atoms with Gasteiger partial charge in [-0.25, -0.2) is 0 Å². The number of Topliss-reactive ketones (excluding diaryl/α,β-unsaturated/α-hetero) is 1. The third-order valence-electron chi connectivity index (χ3n) is 3.66. The molecular formula is C14H22BrN3O3. The number of carbonyl (C=O) groups is 1. The van der Waals surface area contributed by atoms with Crippen LogP contribution in [0.2, 0.25) is 0 Å². The molecule has 6 nitrogen and oxygen atoms in total. The van der Waals surface area contributed by atoms with E-state index in [-0.39, 0.29) is 5.78 Å². The van der Waals surface area contributed by atoms with Crippen LogP contribution in [0.15, 0.2) is 10.7 Å². The summed E-state index contributed by atoms with van der Waals surface area (Å²) in [5.74, 6) is -0.0270. The minimum atomic E-state index is -0.435. The molecule has 1 saturated heterocycles. The molecule has 2 rings (SSSR count). The van der Waals surface area contributed by atoms with Crippen LogP contribution in [-0.4, -0.2) is 66.0 Å². The number of carbonyl (C=O) groups excluding carboxylic acids is 1. The normalized spacial score (nSPS) is 20.1. The van der Waals surface area contributed by atoms with E-state index >= 15 is 0 Å². The molecule has 0 spiro atoms. The predicted octanol–water partition coefficient (Wildman–Crippen LogP) is 1.58. The molecule has 1 aromatic heterocycles. The molecule has 0 aromatic carbocycles. The molecule has 0 saturated carbocycles. The quantitative estimate of drug-likeness (QED) is 0.721. The summed E-state index contributed by atoms with van der Waals surface area (Å²) in [7, 11) is 1.63. The molecule has 1 unspecified atom stereocenters. The van der Waals surface area contributed by atoms with Crippen molar-refractivity contribution in [2.45, 2.75) is 32.5 Å². The topological polar surface area (TPSA) is 56.6 Å². The van der Waals surface area contributed by atoms with E-state index in [9.17, 15) is 4.79 Å². The van der Waals surface area contributed by atoms with Crippen molar-refractivity contribution in [2.75, 3.05) is 33.4 Å². The van der Waals surface area contributed by atoms with Crippen LogP contribution in [0.1, 0.15) is 24.3 Å². The minimum absolute atomic E-state index is 0.0270. The van der Waals surface area contributed by atoms with Crippen molar-refractivity contribution in [3.8, 4) is 0 Å². The van der Waals surface area contributed by atoms with Gasteiger partial charge in [-0.3, -0.25) is 14.4 Å². The maximum absolute atomic E-state index is 12.8. The highest BCUT2D eigenvalue weighted by Gasteiger charge is 2.31. The van der Waals surface area contributed by atoms with Gasteiger partial charge in [0.25, 0.3) is 0 Å². The molecule has 7 heteroatoms. The van der Waals surface area contributed by atoms with Crippen LogP contribution in [0.25, 0.3) is 0 Å². The summed E-state index contributed by atoms with van der Waals surface area (Å²) < 4.78 is 13.1. The van der Waals surface area contributed by atoms with Crippen LogP contribution in [0.4, 0.5) is 0 Å². The van der Waals surface area contributed by atoms with Gasteiger partial charge in [-0.2, -0.15) is 5.10 Å². The number of halogens is 1. The number of ether oxygens (including phenoxy) is 2. The maximum Gasteiger partial charge on any atom is 0.211 e. The molecular weight excluding hydrogens is 338 g/mol. The van der Waals surface area contributed by atoms with Gasteiger partial charge in [0.15, 0.2) is 0 Å². The molecule has 1 aromatic rings. The Morgan fingerprint density at radius 3 is 3.05 bits per heavy atom. The lowest BCUT2D eigenvalue weighted by atomic mass is 10.1. The fourth-order valence-corrected chi connectivity index (χ4v) is 2.90. The van der Waals surface area contributed by atoms with E-state index < -0.39 is 6.10 Å². The lowest BCUT2D eigenvalue weighted by molar-refractivity contribution is -0.0261. The maximum atomic E-state index is 12.8. The van der Waals surface area contributed by atoms with Crippen LogP contribution in [-0.2, 0) is 16.0 Å². The van der Waals surface area contributed by atoms with E-state index in [2.05, 4.69) is 39.8 Å². The highest BCUT2D eigenvalue weighted by molar-refractivity contribution is 9.10. The smallest absolute Gasteiger partial charge is 0.211 e. The van der Waals surface area contributed by atoms with Crippen molar-refractivity contribution in [1.29, 1.82) is 0 Å². The van der Waals surface area contributed by atoms with Gasteiger partial charge in [-0.1, -0.05) is 0 Å². The van der Waals surface area contributed by atoms with Gasteiger partial charge in [-0.05, 0) is 29.8 Å². The predicted molar refractivity (Wildman–Crippen MR) is 82.6 cm³/mol. The van der Waals surface area contributed by atoms with Crippen LogP contribution in [0.3, 0.4) is 0 Å². The summed E-state index contributed by atoms with van der Waals surface area (Å²) in [5, 5.41) is 4.22. The zero-order chi connectivity index (χ0) is 15.4. The average molecular weight is 360 g/mol. The van der Waals surface area contributed by atoms with Gasteiger partial charge in [0.2, 0.25) is 5.78 Å². The third-order valence-corrected chi connectivity index (χ3v) is 4.24. The van der Waals surface area contributed by atoms with E-state index in [0.717, 1.165) is 6.54 Å². The van der Waals surface area contributed by atoms with Crippen molar-refractivity contribution >= 4 is 21.7 Å². The van der Waals surface area contributed by atoms with Gasteiger partial charge in [0.1, 0.15) is 11.8 Å². The first kappa shape index (κ1) is 16.6. The van der Waals surface area contributed by atoms with Crippen LogP contribution >= 0.6 is 15.9 Å². The van der Waals surface area contributed by atoms with Gasteiger partial charge >= 0.3 is 0 Å². The summed E-state index contributed by atoms with van der Waals surface area (Å²) in [6, 6.07) is 0.408. The van der Waals surface area contributed by atoms with Crippen molar-refractivity contribution in [1.82, 2.24) is 14.7 Å². The Morgan fingerprint density at radius 2 is 2.38 bits per heavy atom. The number of nitrogens with zero attached hydrogens (tertiary/aromatic N) is 3. The monoisotopic (exact) mass is 359 g/mol. The molecule has 0 bridgehead atoms. The number of methoxy groups -OCH3 is 1. The number of aromatic nitrogens is 2. The second-order valence-corrected chi connectivity index (χ2v) is 6.22. The average Bonchev–Trinajstić information content (AvgIpc) is 2.85. The number of ketones is 1. The van der Waals surface area contributed by atoms with E-state index in [1.807, 2.05) is 0 Å². The van der Waals surface area contributed by atoms with E-state index in [0.29, 0.717) is 42.5 Å². The lowest BCUT2D eigenvalue weighted by Gasteiger charge is -2.34. The summed E-state index contributed by atoms with van der Waals surface area (Å²) in [4.78, 5) is 15.0. The van der Waals surface area contributed by atoms with Gasteiger partial charge in [0.05, 0.1) is 30.4 Å². The van der Waals surface area contributed by atoms with Crippen LogP contribution in [0, 0.1) is 0 Å². The number of morpholine rings is 1. The fraction of sp³-hybridized carbons (Fsp3) is 0.714. The van der Waals surface area contributed by atoms with Crippen molar-refractivity contribution in [3.05, 3.63) is 16.4 Å². The molecule has 1 atom stereocenters. The first-order chi connectivity index (χ1) is 10.0. The first-order valence-corrected chi connectivity index (χ1v) is 7.94. The molecule has 2 heterocycles. The van der Waals surface area contributed by atoms with E-state index in [1.165, 1.54) is 0 Å². The molecule has 1 aliphatic heterocycles. The number of rotatable bonds is 6. The highest BCUT2D eigenvalue weighted by Crippen LogP contribution is 2.21. The second kappa shape index (κ2) is 7.49. The molecule has 1 aliphatic rings.